The van der Waals surface area contributed by atoms with Crippen molar-refractivity contribution >= 4 is 22.9 Å². The number of nitrogens with one attached hydrogen (secondary N) is 1. The van der Waals surface area contributed by atoms with E-state index in [0.29, 0.717) is 17.9 Å². The summed E-state index contributed by atoms with van der Waals surface area (Å²) in [7, 11) is 0. The number of benzene rings is 1. The van der Waals surface area contributed by atoms with E-state index in [2.05, 4.69) is 31.7 Å². The summed E-state index contributed by atoms with van der Waals surface area (Å²) in [5.74, 6) is 0.0474. The number of nitrogens with zero attached hydrogens (tertiary/aromatic N) is 4. The van der Waals surface area contributed by atoms with Crippen molar-refractivity contribution in [2.75, 3.05) is 29.0 Å². The van der Waals surface area contributed by atoms with Crippen LogP contribution in [0.25, 0.3) is 17.0 Å². The predicted molar refractivity (Wildman–Crippen MR) is 123 cm³/mol. The lowest BCUT2D eigenvalue weighted by Gasteiger charge is -2.33. The second-order valence-corrected chi connectivity index (χ2v) is 7.88. The number of nitrogens with two attached hydrogens (primary N) is 2. The van der Waals surface area contributed by atoms with E-state index < -0.39 is 11.7 Å². The summed E-state index contributed by atoms with van der Waals surface area (Å²) in [5, 5.41) is 3.16. The molecule has 3 aromatic rings. The maximum Gasteiger partial charge on any atom is 0.417 e. The first-order chi connectivity index (χ1) is 15.7. The van der Waals surface area contributed by atoms with Crippen molar-refractivity contribution in [2.45, 2.75) is 25.1 Å². The number of nitrogen functional groups attached to an aromatic ring is 1. The first-order valence-corrected chi connectivity index (χ1v) is 10.4. The van der Waals surface area contributed by atoms with Gasteiger partial charge in [0.2, 0.25) is 0 Å². The topological polar surface area (TPSA) is 106 Å². The molecule has 0 aliphatic carbocycles. The Morgan fingerprint density at radius 3 is 2.73 bits per heavy atom. The molecule has 5 N–H and O–H groups in total. The molecule has 1 aliphatic rings. The number of hydrogen-bond donors (Lipinski definition) is 3. The fourth-order valence-electron chi connectivity index (χ4n) is 3.91. The highest BCUT2D eigenvalue weighted by molar-refractivity contribution is 5.84. The zero-order valence-electron chi connectivity index (χ0n) is 17.8. The maximum absolute atomic E-state index is 13.5. The summed E-state index contributed by atoms with van der Waals surface area (Å²) in [4.78, 5) is 14.8. The molecule has 3 heterocycles. The van der Waals surface area contributed by atoms with E-state index in [1.54, 1.807) is 12.4 Å². The van der Waals surface area contributed by atoms with Crippen LogP contribution < -0.4 is 21.7 Å². The molecular formula is C23H24F3N7. The average Bonchev–Trinajstić information content (AvgIpc) is 2.79. The normalized spacial score (nSPS) is 16.5. The van der Waals surface area contributed by atoms with E-state index >= 15 is 0 Å². The fraction of sp³-hybridized carbons (Fsp3) is 0.261. The van der Waals surface area contributed by atoms with Crippen LogP contribution in [0.2, 0.25) is 0 Å². The first-order valence-electron chi connectivity index (χ1n) is 10.4. The number of hydrogen-bond acceptors (Lipinski definition) is 7. The van der Waals surface area contributed by atoms with Gasteiger partial charge in [0.05, 0.1) is 40.7 Å². The zero-order valence-corrected chi connectivity index (χ0v) is 17.8. The smallest absolute Gasteiger partial charge is 0.382 e. The van der Waals surface area contributed by atoms with Gasteiger partial charge in [0.15, 0.2) is 5.82 Å². The molecule has 7 nitrogen and oxygen atoms in total. The highest BCUT2D eigenvalue weighted by atomic mass is 19.4. The van der Waals surface area contributed by atoms with Gasteiger partial charge < -0.3 is 21.7 Å². The van der Waals surface area contributed by atoms with Crippen LogP contribution in [0.5, 0.6) is 0 Å². The number of alkyl halides is 3. The summed E-state index contributed by atoms with van der Waals surface area (Å²) in [5.41, 5.74) is 13.3. The first kappa shape index (κ1) is 22.5. The summed E-state index contributed by atoms with van der Waals surface area (Å²) in [6.07, 6.45) is 1.97. The van der Waals surface area contributed by atoms with Gasteiger partial charge in [0.1, 0.15) is 5.69 Å². The van der Waals surface area contributed by atoms with Crippen LogP contribution in [-0.4, -0.2) is 34.1 Å². The number of halogens is 3. The number of piperidine rings is 1. The molecule has 0 amide bonds. The van der Waals surface area contributed by atoms with Crippen LogP contribution in [-0.2, 0) is 6.18 Å². The Bertz CT molecular complexity index is 1160. The molecular weight excluding hydrogens is 431 g/mol. The molecule has 0 bridgehead atoms. The van der Waals surface area contributed by atoms with Crippen molar-refractivity contribution in [1.29, 1.82) is 0 Å². The van der Waals surface area contributed by atoms with Gasteiger partial charge in [-0.1, -0.05) is 24.8 Å². The third kappa shape index (κ3) is 4.90. The third-order valence-electron chi connectivity index (χ3n) is 5.48. The lowest BCUT2D eigenvalue weighted by Crippen LogP contribution is -2.43. The molecule has 172 valence electrons. The molecule has 0 radical (unpaired) electrons. The van der Waals surface area contributed by atoms with Gasteiger partial charge in [-0.3, -0.25) is 4.98 Å². The van der Waals surface area contributed by atoms with Crippen LogP contribution in [0.15, 0.2) is 55.5 Å². The molecule has 1 saturated heterocycles. The highest BCUT2D eigenvalue weighted by Crippen LogP contribution is 2.37. The number of rotatable bonds is 5. The molecule has 1 unspecified atom stereocenters. The second-order valence-electron chi connectivity index (χ2n) is 7.88. The van der Waals surface area contributed by atoms with Gasteiger partial charge >= 0.3 is 6.18 Å². The third-order valence-corrected chi connectivity index (χ3v) is 5.48. The van der Waals surface area contributed by atoms with E-state index in [1.807, 2.05) is 6.07 Å². The van der Waals surface area contributed by atoms with E-state index in [0.717, 1.165) is 31.1 Å². The van der Waals surface area contributed by atoms with E-state index in [1.165, 1.54) is 24.4 Å². The number of pyridine rings is 1. The number of anilines is 3. The van der Waals surface area contributed by atoms with Gasteiger partial charge in [-0.25, -0.2) is 9.97 Å². The lowest BCUT2D eigenvalue weighted by atomic mass is 10.0. The molecule has 1 fully saturated rings. The van der Waals surface area contributed by atoms with E-state index in [9.17, 15) is 13.2 Å². The van der Waals surface area contributed by atoms with Crippen molar-refractivity contribution < 1.29 is 13.2 Å². The molecule has 33 heavy (non-hydrogen) atoms. The van der Waals surface area contributed by atoms with Gasteiger partial charge in [0, 0.05) is 30.9 Å². The van der Waals surface area contributed by atoms with Crippen LogP contribution in [0.1, 0.15) is 24.1 Å². The Labute approximate surface area is 189 Å². The Morgan fingerprint density at radius 1 is 1.18 bits per heavy atom. The largest absolute Gasteiger partial charge is 0.417 e. The van der Waals surface area contributed by atoms with Crippen molar-refractivity contribution in [2.24, 2.45) is 5.73 Å². The summed E-state index contributed by atoms with van der Waals surface area (Å²) in [6.45, 7) is 5.56. The fourth-order valence-corrected chi connectivity index (χ4v) is 3.91. The number of aromatic nitrogens is 3. The highest BCUT2D eigenvalue weighted by Gasteiger charge is 2.34. The second kappa shape index (κ2) is 9.07. The Balaban J connectivity index is 1.65. The molecule has 2 aromatic heterocycles. The van der Waals surface area contributed by atoms with Crippen molar-refractivity contribution in [3.8, 4) is 11.3 Å². The minimum Gasteiger partial charge on any atom is -0.382 e. The van der Waals surface area contributed by atoms with Gasteiger partial charge in [-0.15, -0.1) is 0 Å². The van der Waals surface area contributed by atoms with Gasteiger partial charge in [-0.2, -0.15) is 13.2 Å². The minimum absolute atomic E-state index is 0.0449. The van der Waals surface area contributed by atoms with E-state index in [4.69, 9.17) is 11.5 Å². The van der Waals surface area contributed by atoms with Crippen molar-refractivity contribution in [3.05, 3.63) is 66.8 Å². The molecule has 1 atom stereocenters. The van der Waals surface area contributed by atoms with Crippen molar-refractivity contribution in [1.82, 2.24) is 15.0 Å². The minimum atomic E-state index is -4.53. The Hall–Kier alpha value is -3.66. The van der Waals surface area contributed by atoms with Crippen LogP contribution >= 0.6 is 0 Å². The van der Waals surface area contributed by atoms with Gasteiger partial charge in [0.25, 0.3) is 0 Å². The molecule has 4 rings (SSSR count). The van der Waals surface area contributed by atoms with Crippen LogP contribution in [0, 0.1) is 0 Å². The summed E-state index contributed by atoms with van der Waals surface area (Å²) in [6, 6.07) is 7.15. The lowest BCUT2D eigenvalue weighted by molar-refractivity contribution is -0.137. The molecule has 0 saturated carbocycles. The molecule has 1 aromatic carbocycles. The molecule has 10 heteroatoms. The predicted octanol–water partition coefficient (Wildman–Crippen LogP) is 4.15. The van der Waals surface area contributed by atoms with Crippen molar-refractivity contribution in [3.63, 3.8) is 0 Å². The quantitative estimate of drug-likeness (QED) is 0.531. The Morgan fingerprint density at radius 2 is 1.97 bits per heavy atom. The monoisotopic (exact) mass is 455 g/mol. The molecule has 0 spiro atoms. The van der Waals surface area contributed by atoms with Gasteiger partial charge in [-0.05, 0) is 25.0 Å². The summed E-state index contributed by atoms with van der Waals surface area (Å²) >= 11 is 0. The average molecular weight is 455 g/mol. The van der Waals surface area contributed by atoms with E-state index in [-0.39, 0.29) is 28.8 Å². The Kier molecular flexibility index (Phi) is 6.19. The molecule has 1 aliphatic heterocycles. The van der Waals surface area contributed by atoms with Crippen LogP contribution in [0.3, 0.4) is 0 Å². The SMILES string of the molecule is C=C(Nc1cnccc1N1CCCC(N)C1)c1nc(-c2ccccc2C(F)(F)F)cnc1N. The standard InChI is InChI=1S/C23H24F3N7/c1-14(31-19-11-29-9-8-20(19)33-10-4-5-15(27)13-33)21-22(28)30-12-18(32-21)16-6-2-3-7-17(16)23(24,25)26/h2-3,6-9,11-12,15,31H,1,4-5,10,13,27H2,(H2,28,30). The summed E-state index contributed by atoms with van der Waals surface area (Å²) < 4.78 is 40.5. The maximum atomic E-state index is 13.5. The van der Waals surface area contributed by atoms with Crippen LogP contribution in [0.4, 0.5) is 30.4 Å². The zero-order chi connectivity index (χ0) is 23.6.